The third-order valence-electron chi connectivity index (χ3n) is 2.48. The number of hydrogen-bond donors (Lipinski definition) is 0. The molecule has 0 N–H and O–H groups in total. The van der Waals surface area contributed by atoms with E-state index in [1.54, 1.807) is 35.9 Å². The summed E-state index contributed by atoms with van der Waals surface area (Å²) in [5, 5.41) is 10.6. The maximum absolute atomic E-state index is 11.2. The van der Waals surface area contributed by atoms with E-state index < -0.39 is 5.97 Å². The Morgan fingerprint density at radius 2 is 2.18 bits per heavy atom. The lowest BCUT2D eigenvalue weighted by Crippen LogP contribution is -2.43. The van der Waals surface area contributed by atoms with Gasteiger partial charge in [-0.1, -0.05) is 13.0 Å². The Bertz CT molecular complexity index is 417. The Kier molecular flexibility index (Phi) is 4.63. The average molecular weight is 237 g/mol. The van der Waals surface area contributed by atoms with E-state index in [9.17, 15) is 14.7 Å². The molecular weight excluding hydrogens is 222 g/mol. The summed E-state index contributed by atoms with van der Waals surface area (Å²) in [4.78, 5) is 21.8. The van der Waals surface area contributed by atoms with Crippen molar-refractivity contribution in [1.82, 2.24) is 0 Å². The summed E-state index contributed by atoms with van der Waals surface area (Å²) in [6.45, 7) is 1.85. The van der Waals surface area contributed by atoms with Crippen LogP contribution in [0.4, 0.5) is 0 Å². The van der Waals surface area contributed by atoms with Gasteiger partial charge in [-0.2, -0.15) is 4.57 Å². The maximum atomic E-state index is 11.2. The summed E-state index contributed by atoms with van der Waals surface area (Å²) in [7, 11) is 1.32. The Morgan fingerprint density at radius 1 is 1.47 bits per heavy atom. The molecule has 5 nitrogen and oxygen atoms in total. The quantitative estimate of drug-likeness (QED) is 0.506. The van der Waals surface area contributed by atoms with Gasteiger partial charge in [0.1, 0.15) is 0 Å². The number of aliphatic carboxylic acids is 1. The molecule has 5 heteroatoms. The van der Waals surface area contributed by atoms with E-state index in [0.717, 1.165) is 5.69 Å². The molecule has 0 aliphatic carbocycles. The lowest BCUT2D eigenvalue weighted by Gasteiger charge is -2.11. The number of ether oxygens (including phenoxy) is 1. The Hall–Kier alpha value is -1.91. The van der Waals surface area contributed by atoms with E-state index in [0.29, 0.717) is 0 Å². The van der Waals surface area contributed by atoms with Crippen LogP contribution in [0.3, 0.4) is 0 Å². The molecule has 0 radical (unpaired) electrons. The van der Waals surface area contributed by atoms with E-state index in [-0.39, 0.29) is 24.9 Å². The van der Waals surface area contributed by atoms with Crippen LogP contribution in [0, 0.1) is 0 Å². The van der Waals surface area contributed by atoms with E-state index in [1.807, 2.05) is 0 Å². The Labute approximate surface area is 99.6 Å². The van der Waals surface area contributed by atoms with Crippen LogP contribution in [0.1, 0.15) is 25.0 Å². The molecule has 0 aliphatic heterocycles. The van der Waals surface area contributed by atoms with Gasteiger partial charge >= 0.3 is 5.97 Å². The van der Waals surface area contributed by atoms with Gasteiger partial charge in [0.15, 0.2) is 11.9 Å². The molecule has 17 heavy (non-hydrogen) atoms. The molecule has 1 atom stereocenters. The fourth-order valence-corrected chi connectivity index (χ4v) is 1.64. The molecule has 0 saturated heterocycles. The largest absolute Gasteiger partial charge is 0.550 e. The zero-order valence-corrected chi connectivity index (χ0v) is 9.88. The van der Waals surface area contributed by atoms with Crippen molar-refractivity contribution in [2.75, 3.05) is 7.11 Å². The molecular formula is C12H15NO4. The van der Waals surface area contributed by atoms with Gasteiger partial charge in [-0.05, 0) is 6.42 Å². The van der Waals surface area contributed by atoms with Gasteiger partial charge in [0, 0.05) is 24.0 Å². The molecule has 0 saturated carbocycles. The van der Waals surface area contributed by atoms with Crippen molar-refractivity contribution in [3.8, 4) is 0 Å². The van der Waals surface area contributed by atoms with Crippen molar-refractivity contribution in [1.29, 1.82) is 0 Å². The summed E-state index contributed by atoms with van der Waals surface area (Å²) in [5.74, 6) is -1.69. The topological polar surface area (TPSA) is 70.3 Å². The highest BCUT2D eigenvalue weighted by atomic mass is 16.5. The van der Waals surface area contributed by atoms with Crippen LogP contribution in [0.5, 0.6) is 0 Å². The third kappa shape index (κ3) is 3.86. The van der Waals surface area contributed by atoms with Crippen LogP contribution in [0.15, 0.2) is 24.4 Å². The summed E-state index contributed by atoms with van der Waals surface area (Å²) in [6, 6.07) is 5.36. The Morgan fingerprint density at radius 3 is 2.76 bits per heavy atom. The first-order valence-electron chi connectivity index (χ1n) is 5.29. The fourth-order valence-electron chi connectivity index (χ4n) is 1.64. The van der Waals surface area contributed by atoms with Gasteiger partial charge in [-0.15, -0.1) is 0 Å². The van der Waals surface area contributed by atoms with Crippen molar-refractivity contribution < 1.29 is 24.0 Å². The summed E-state index contributed by atoms with van der Waals surface area (Å²) in [6.07, 6.45) is 1.64. The van der Waals surface area contributed by atoms with E-state index in [4.69, 9.17) is 0 Å². The van der Waals surface area contributed by atoms with E-state index in [1.165, 1.54) is 7.11 Å². The van der Waals surface area contributed by atoms with Crippen molar-refractivity contribution in [3.05, 3.63) is 30.1 Å². The van der Waals surface area contributed by atoms with Gasteiger partial charge in [-0.25, -0.2) is 4.79 Å². The van der Waals surface area contributed by atoms with Gasteiger partial charge in [-0.3, -0.25) is 0 Å². The SMILES string of the molecule is COC(=O)C[n+]1ccccc1C(C)CC(=O)[O-]. The predicted molar refractivity (Wildman–Crippen MR) is 56.7 cm³/mol. The minimum atomic E-state index is -1.11. The fraction of sp³-hybridized carbons (Fsp3) is 0.417. The second-order valence-corrected chi connectivity index (χ2v) is 3.81. The van der Waals surface area contributed by atoms with Crippen LogP contribution >= 0.6 is 0 Å². The molecule has 1 aromatic heterocycles. The molecule has 1 rings (SSSR count). The van der Waals surface area contributed by atoms with Crippen LogP contribution in [-0.4, -0.2) is 19.0 Å². The molecule has 0 bridgehead atoms. The summed E-state index contributed by atoms with van der Waals surface area (Å²) < 4.78 is 6.26. The van der Waals surface area contributed by atoms with E-state index in [2.05, 4.69) is 4.74 Å². The molecule has 0 fully saturated rings. The highest BCUT2D eigenvalue weighted by Crippen LogP contribution is 2.14. The summed E-state index contributed by atoms with van der Waals surface area (Å²) in [5.41, 5.74) is 0.766. The second kappa shape index (κ2) is 5.98. The molecule has 92 valence electrons. The number of esters is 1. The first kappa shape index (κ1) is 13.2. The zero-order chi connectivity index (χ0) is 12.8. The molecule has 1 unspecified atom stereocenters. The van der Waals surface area contributed by atoms with E-state index >= 15 is 0 Å². The van der Waals surface area contributed by atoms with Gasteiger partial charge in [0.2, 0.25) is 6.54 Å². The van der Waals surface area contributed by atoms with Crippen molar-refractivity contribution in [2.45, 2.75) is 25.8 Å². The minimum absolute atomic E-state index is 0.0735. The number of nitrogens with zero attached hydrogens (tertiary/aromatic N) is 1. The first-order chi connectivity index (χ1) is 8.04. The number of carboxylic acids is 1. The highest BCUT2D eigenvalue weighted by molar-refractivity contribution is 5.67. The van der Waals surface area contributed by atoms with Crippen LogP contribution in [-0.2, 0) is 20.9 Å². The number of aromatic nitrogens is 1. The normalized spacial score (nSPS) is 11.9. The number of rotatable bonds is 5. The number of hydrogen-bond acceptors (Lipinski definition) is 4. The number of pyridine rings is 1. The standard InChI is InChI=1S/C12H15NO4/c1-9(7-11(14)15)10-5-3-4-6-13(10)8-12(16)17-2/h3-6,9H,7-8H2,1-2H3. The molecule has 0 aliphatic rings. The van der Waals surface area contributed by atoms with Gasteiger partial charge in [0.25, 0.3) is 0 Å². The minimum Gasteiger partial charge on any atom is -0.550 e. The lowest BCUT2D eigenvalue weighted by atomic mass is 10.0. The van der Waals surface area contributed by atoms with Gasteiger partial charge in [0.05, 0.1) is 7.11 Å². The molecule has 0 aromatic carbocycles. The number of carbonyl (C=O) groups excluding carboxylic acids is 2. The van der Waals surface area contributed by atoms with Crippen LogP contribution < -0.4 is 9.67 Å². The van der Waals surface area contributed by atoms with Gasteiger partial charge < -0.3 is 14.6 Å². The molecule has 0 spiro atoms. The monoisotopic (exact) mass is 237 g/mol. The highest BCUT2D eigenvalue weighted by Gasteiger charge is 2.20. The van der Waals surface area contributed by atoms with Crippen molar-refractivity contribution in [3.63, 3.8) is 0 Å². The average Bonchev–Trinajstić information content (AvgIpc) is 2.28. The molecule has 0 amide bonds. The summed E-state index contributed by atoms with van der Waals surface area (Å²) >= 11 is 0. The third-order valence-corrected chi connectivity index (χ3v) is 2.48. The van der Waals surface area contributed by atoms with Crippen LogP contribution in [0.25, 0.3) is 0 Å². The Balaban J connectivity index is 2.90. The van der Waals surface area contributed by atoms with Crippen LogP contribution in [0.2, 0.25) is 0 Å². The number of methoxy groups -OCH3 is 1. The maximum Gasteiger partial charge on any atom is 0.372 e. The second-order valence-electron chi connectivity index (χ2n) is 3.81. The first-order valence-corrected chi connectivity index (χ1v) is 5.29. The predicted octanol–water partition coefficient (Wildman–Crippen LogP) is -0.609. The molecule has 1 heterocycles. The number of carboxylic acid groups (broad SMARTS) is 1. The van der Waals surface area contributed by atoms with Crippen molar-refractivity contribution in [2.24, 2.45) is 0 Å². The smallest absolute Gasteiger partial charge is 0.372 e. The van der Waals surface area contributed by atoms with Crippen molar-refractivity contribution >= 4 is 11.9 Å². The molecule has 1 aromatic rings. The number of carbonyl (C=O) groups is 2. The zero-order valence-electron chi connectivity index (χ0n) is 9.88. The lowest BCUT2D eigenvalue weighted by molar-refractivity contribution is -0.694.